The maximum Gasteiger partial charge on any atom is 0.268 e. The standard InChI is InChI=1S/C64H113N2O6P/c1-6-8-10-12-14-16-18-20-22-24-25-26-27-28-29-30-31-32-33-34-35-36-37-38-39-40-41-42-44-46-48-50-52-54-56-58-64(68)65-62(61-72-73(69,70)71-60-59-66(3,4)5)63(67)57-55-53-51-49-47-45-43-23-21-19-17-15-13-11-9-7-2/h8,10,14,16,20-23,25-26,28-29,31-32,47,49,55,57,62-63,67H,6-7,9,11-13,15,17-19,24,27,30,33-46,48,50-54,56,58-61H2,1-5H3,(H-,65,68,69,70)/b10-8-,16-14-,22-20-,23-21+,26-25-,29-28-,32-31-,49-47+,57-55+. The molecule has 0 aromatic heterocycles. The van der Waals surface area contributed by atoms with E-state index < -0.39 is 26.6 Å². The average molecular weight is 1040 g/mol. The van der Waals surface area contributed by atoms with Gasteiger partial charge in [-0.25, -0.2) is 0 Å². The lowest BCUT2D eigenvalue weighted by Crippen LogP contribution is -2.45. The van der Waals surface area contributed by atoms with Crippen LogP contribution in [0.3, 0.4) is 0 Å². The Labute approximate surface area is 451 Å². The van der Waals surface area contributed by atoms with Gasteiger partial charge in [0, 0.05) is 6.42 Å². The van der Waals surface area contributed by atoms with Gasteiger partial charge >= 0.3 is 0 Å². The summed E-state index contributed by atoms with van der Waals surface area (Å²) in [6, 6.07) is -0.915. The summed E-state index contributed by atoms with van der Waals surface area (Å²) in [4.78, 5) is 25.5. The second-order valence-corrected chi connectivity index (χ2v) is 22.4. The van der Waals surface area contributed by atoms with E-state index >= 15 is 0 Å². The first-order valence-corrected chi connectivity index (χ1v) is 31.2. The van der Waals surface area contributed by atoms with Crippen LogP contribution in [0.15, 0.2) is 109 Å². The number of nitrogens with one attached hydrogen (secondary N) is 1. The number of nitrogens with zero attached hydrogens (tertiary/aromatic N) is 1. The number of quaternary nitrogens is 1. The molecule has 3 atom stereocenters. The number of carbonyl (C=O) groups excluding carboxylic acids is 1. The summed E-state index contributed by atoms with van der Waals surface area (Å²) >= 11 is 0. The summed E-state index contributed by atoms with van der Waals surface area (Å²) in [5.74, 6) is -0.214. The number of amides is 1. The zero-order valence-electron chi connectivity index (χ0n) is 47.8. The van der Waals surface area contributed by atoms with E-state index in [2.05, 4.69) is 116 Å². The molecule has 0 heterocycles. The van der Waals surface area contributed by atoms with E-state index in [9.17, 15) is 19.4 Å². The highest BCUT2D eigenvalue weighted by atomic mass is 31.2. The molecule has 3 unspecified atom stereocenters. The molecule has 0 saturated heterocycles. The molecular weight excluding hydrogens is 924 g/mol. The van der Waals surface area contributed by atoms with Gasteiger partial charge in [0.1, 0.15) is 13.2 Å². The smallest absolute Gasteiger partial charge is 0.268 e. The van der Waals surface area contributed by atoms with E-state index in [0.717, 1.165) is 83.5 Å². The second kappa shape index (κ2) is 54.0. The van der Waals surface area contributed by atoms with Crippen LogP contribution >= 0.6 is 7.82 Å². The third-order valence-corrected chi connectivity index (χ3v) is 13.7. The second-order valence-electron chi connectivity index (χ2n) is 20.9. The van der Waals surface area contributed by atoms with Gasteiger partial charge in [-0.3, -0.25) is 9.36 Å². The van der Waals surface area contributed by atoms with E-state index in [-0.39, 0.29) is 12.5 Å². The van der Waals surface area contributed by atoms with Crippen LogP contribution in [0, 0.1) is 0 Å². The number of unbranched alkanes of at least 4 members (excludes halogenated alkanes) is 24. The Morgan fingerprint density at radius 3 is 1.27 bits per heavy atom. The molecule has 0 aromatic carbocycles. The molecule has 0 radical (unpaired) electrons. The van der Waals surface area contributed by atoms with E-state index in [1.54, 1.807) is 6.08 Å². The van der Waals surface area contributed by atoms with Crippen molar-refractivity contribution in [2.75, 3.05) is 40.9 Å². The number of carbonyl (C=O) groups is 1. The molecule has 2 N–H and O–H groups in total. The van der Waals surface area contributed by atoms with Crippen molar-refractivity contribution in [3.8, 4) is 0 Å². The van der Waals surface area contributed by atoms with Crippen LogP contribution in [0.5, 0.6) is 0 Å². The first-order chi connectivity index (χ1) is 35.5. The lowest BCUT2D eigenvalue weighted by molar-refractivity contribution is -0.870. The van der Waals surface area contributed by atoms with Gasteiger partial charge in [0.25, 0.3) is 7.82 Å². The molecule has 0 aliphatic carbocycles. The molecule has 0 bridgehead atoms. The summed E-state index contributed by atoms with van der Waals surface area (Å²) in [6.07, 6.45) is 78.9. The summed E-state index contributed by atoms with van der Waals surface area (Å²) in [6.45, 7) is 4.49. The van der Waals surface area contributed by atoms with Gasteiger partial charge in [-0.2, -0.15) is 0 Å². The predicted molar refractivity (Wildman–Crippen MR) is 316 cm³/mol. The first-order valence-electron chi connectivity index (χ1n) is 29.7. The molecule has 0 fully saturated rings. The zero-order valence-corrected chi connectivity index (χ0v) is 48.7. The normalized spacial score (nSPS) is 14.7. The summed E-state index contributed by atoms with van der Waals surface area (Å²) in [7, 11) is 1.23. The summed E-state index contributed by atoms with van der Waals surface area (Å²) in [5.41, 5.74) is 0. The minimum Gasteiger partial charge on any atom is -0.756 e. The first kappa shape index (κ1) is 70.2. The van der Waals surface area contributed by atoms with E-state index in [1.807, 2.05) is 27.2 Å². The molecule has 1 amide bonds. The van der Waals surface area contributed by atoms with Crippen molar-refractivity contribution in [3.05, 3.63) is 109 Å². The van der Waals surface area contributed by atoms with Crippen LogP contribution < -0.4 is 10.2 Å². The van der Waals surface area contributed by atoms with Gasteiger partial charge < -0.3 is 28.8 Å². The number of aliphatic hydroxyl groups excluding tert-OH is 1. The van der Waals surface area contributed by atoms with Crippen LogP contribution in [0.4, 0.5) is 0 Å². The number of rotatable bonds is 53. The van der Waals surface area contributed by atoms with Gasteiger partial charge in [0.05, 0.1) is 39.9 Å². The Morgan fingerprint density at radius 2 is 0.849 bits per heavy atom. The molecule has 0 aliphatic heterocycles. The Balaban J connectivity index is 4.12. The van der Waals surface area contributed by atoms with Gasteiger partial charge in [-0.05, 0) is 96.3 Å². The highest BCUT2D eigenvalue weighted by Gasteiger charge is 2.23. The molecule has 8 nitrogen and oxygen atoms in total. The molecule has 73 heavy (non-hydrogen) atoms. The molecule has 0 aromatic rings. The number of likely N-dealkylation sites (N-methyl/N-ethyl adjacent to an activating group) is 1. The average Bonchev–Trinajstić information content (AvgIpc) is 3.35. The van der Waals surface area contributed by atoms with Crippen molar-refractivity contribution in [3.63, 3.8) is 0 Å². The van der Waals surface area contributed by atoms with Crippen LogP contribution in [0.2, 0.25) is 0 Å². The molecular formula is C64H113N2O6P. The lowest BCUT2D eigenvalue weighted by atomic mass is 10.0. The SMILES string of the molecule is CC/C=C\C/C=C\C/C=C\C/C=C\C/C=C\C/C=C\CCCCCCCCCCCCCCCCCCC(=O)NC(COP(=O)([O-])OCC[N+](C)(C)C)C(O)/C=C/CC/C=C/CC/C=C/CCCCCCCC. The van der Waals surface area contributed by atoms with Crippen molar-refractivity contribution >= 4 is 13.7 Å². The van der Waals surface area contributed by atoms with Gasteiger partial charge in [0.2, 0.25) is 5.91 Å². The number of hydrogen-bond acceptors (Lipinski definition) is 6. The Morgan fingerprint density at radius 1 is 0.493 bits per heavy atom. The molecule has 0 aliphatic rings. The van der Waals surface area contributed by atoms with Crippen molar-refractivity contribution in [2.24, 2.45) is 0 Å². The third kappa shape index (κ3) is 56.7. The molecule has 0 spiro atoms. The maximum atomic E-state index is 13.0. The highest BCUT2D eigenvalue weighted by molar-refractivity contribution is 7.45. The number of allylic oxidation sites excluding steroid dienone is 17. The molecule has 420 valence electrons. The van der Waals surface area contributed by atoms with Crippen LogP contribution in [-0.2, 0) is 18.4 Å². The van der Waals surface area contributed by atoms with Crippen molar-refractivity contribution in [1.29, 1.82) is 0 Å². The van der Waals surface area contributed by atoms with Crippen LogP contribution in [0.25, 0.3) is 0 Å². The van der Waals surface area contributed by atoms with Gasteiger partial charge in [-0.1, -0.05) is 245 Å². The maximum absolute atomic E-state index is 13.0. The minimum atomic E-state index is -4.61. The van der Waals surface area contributed by atoms with E-state index in [4.69, 9.17) is 9.05 Å². The van der Waals surface area contributed by atoms with Crippen molar-refractivity contribution in [1.82, 2.24) is 5.32 Å². The fourth-order valence-corrected chi connectivity index (χ4v) is 8.79. The quantitative estimate of drug-likeness (QED) is 0.0272. The van der Waals surface area contributed by atoms with Crippen molar-refractivity contribution < 1.29 is 32.9 Å². The van der Waals surface area contributed by atoms with Crippen LogP contribution in [-0.4, -0.2) is 68.5 Å². The number of hydrogen-bond donors (Lipinski definition) is 2. The van der Waals surface area contributed by atoms with Crippen LogP contribution in [0.1, 0.15) is 239 Å². The van der Waals surface area contributed by atoms with Gasteiger partial charge in [-0.15, -0.1) is 0 Å². The van der Waals surface area contributed by atoms with E-state index in [1.165, 1.54) is 135 Å². The Bertz CT molecular complexity index is 1550. The van der Waals surface area contributed by atoms with E-state index in [0.29, 0.717) is 17.4 Å². The Kier molecular flexibility index (Phi) is 51.9. The number of phosphoric acid groups is 1. The predicted octanol–water partition coefficient (Wildman–Crippen LogP) is 17.7. The molecule has 0 saturated carbocycles. The lowest BCUT2D eigenvalue weighted by Gasteiger charge is -2.29. The zero-order chi connectivity index (χ0) is 53.5. The molecule has 0 rings (SSSR count). The third-order valence-electron chi connectivity index (χ3n) is 12.7. The largest absolute Gasteiger partial charge is 0.756 e. The number of phosphoric ester groups is 1. The summed E-state index contributed by atoms with van der Waals surface area (Å²) < 4.78 is 23.3. The van der Waals surface area contributed by atoms with Crippen molar-refractivity contribution in [2.45, 2.75) is 251 Å². The fraction of sp³-hybridized carbons (Fsp3) is 0.703. The number of aliphatic hydroxyl groups is 1. The topological polar surface area (TPSA) is 108 Å². The minimum absolute atomic E-state index is 0.0127. The van der Waals surface area contributed by atoms with Gasteiger partial charge in [0.15, 0.2) is 0 Å². The fourth-order valence-electron chi connectivity index (χ4n) is 8.07. The Hall–Kier alpha value is -2.84. The summed E-state index contributed by atoms with van der Waals surface area (Å²) in [5, 5.41) is 13.8. The monoisotopic (exact) mass is 1040 g/mol. The highest BCUT2D eigenvalue weighted by Crippen LogP contribution is 2.38. The molecule has 9 heteroatoms.